The van der Waals surface area contributed by atoms with Gasteiger partial charge in [0.25, 0.3) is 0 Å². The predicted octanol–water partition coefficient (Wildman–Crippen LogP) is 2.63. The van der Waals surface area contributed by atoms with Crippen molar-refractivity contribution >= 4 is 23.0 Å². The van der Waals surface area contributed by atoms with Crippen LogP contribution in [0.25, 0.3) is 0 Å². The average Bonchev–Trinajstić information content (AvgIpc) is 2.36. The van der Waals surface area contributed by atoms with Crippen LogP contribution in [-0.2, 0) is 11.2 Å². The molecule has 0 radical (unpaired) electrons. The van der Waals surface area contributed by atoms with Gasteiger partial charge in [0.1, 0.15) is 0 Å². The predicted molar refractivity (Wildman–Crippen MR) is 80.5 cm³/mol. The Labute approximate surface area is 115 Å². The zero-order valence-electron chi connectivity index (χ0n) is 12.2. The molecule has 1 aromatic rings. The van der Waals surface area contributed by atoms with Crippen LogP contribution < -0.4 is 16.0 Å². The van der Waals surface area contributed by atoms with Gasteiger partial charge in [-0.05, 0) is 37.0 Å². The van der Waals surface area contributed by atoms with E-state index < -0.39 is 0 Å². The minimum absolute atomic E-state index is 0.0859. The number of nitrogens with one attached hydrogen (secondary N) is 1. The molecule has 4 heteroatoms. The van der Waals surface area contributed by atoms with E-state index in [1.165, 1.54) is 0 Å². The molecule has 104 valence electrons. The highest BCUT2D eigenvalue weighted by molar-refractivity contribution is 5.95. The van der Waals surface area contributed by atoms with Crippen molar-refractivity contribution in [2.24, 2.45) is 5.92 Å². The van der Waals surface area contributed by atoms with Crippen LogP contribution in [0.15, 0.2) is 12.1 Å². The summed E-state index contributed by atoms with van der Waals surface area (Å²) in [5.74, 6) is 0.623. The SMILES string of the molecule is CC(C)C(C)N(C)c1cc2c(cc1N)CCC(=O)N2. The van der Waals surface area contributed by atoms with Crippen LogP contribution in [0.1, 0.15) is 32.8 Å². The minimum atomic E-state index is 0.0859. The van der Waals surface area contributed by atoms with Crippen LogP contribution >= 0.6 is 0 Å². The molecule has 0 aromatic heterocycles. The second-order valence-electron chi connectivity index (χ2n) is 5.71. The summed E-state index contributed by atoms with van der Waals surface area (Å²) in [5.41, 5.74) is 9.97. The highest BCUT2D eigenvalue weighted by Crippen LogP contribution is 2.34. The van der Waals surface area contributed by atoms with E-state index in [2.05, 4.69) is 31.0 Å². The van der Waals surface area contributed by atoms with Crippen LogP contribution in [0.3, 0.4) is 0 Å². The minimum Gasteiger partial charge on any atom is -0.397 e. The van der Waals surface area contributed by atoms with E-state index >= 15 is 0 Å². The summed E-state index contributed by atoms with van der Waals surface area (Å²) in [7, 11) is 2.05. The highest BCUT2D eigenvalue weighted by Gasteiger charge is 2.20. The fourth-order valence-corrected chi connectivity index (χ4v) is 2.41. The zero-order chi connectivity index (χ0) is 14.2. The van der Waals surface area contributed by atoms with Gasteiger partial charge in [0.2, 0.25) is 5.91 Å². The van der Waals surface area contributed by atoms with Crippen LogP contribution in [0, 0.1) is 5.92 Å². The van der Waals surface area contributed by atoms with Crippen molar-refractivity contribution in [3.05, 3.63) is 17.7 Å². The summed E-state index contributed by atoms with van der Waals surface area (Å²) in [6.07, 6.45) is 1.32. The Balaban J connectivity index is 2.36. The summed E-state index contributed by atoms with van der Waals surface area (Å²) < 4.78 is 0. The summed E-state index contributed by atoms with van der Waals surface area (Å²) >= 11 is 0. The van der Waals surface area contributed by atoms with Crippen molar-refractivity contribution in [2.45, 2.75) is 39.7 Å². The Kier molecular flexibility index (Phi) is 3.69. The number of nitrogen functional groups attached to an aromatic ring is 1. The Hall–Kier alpha value is -1.71. The third kappa shape index (κ3) is 2.67. The monoisotopic (exact) mass is 261 g/mol. The smallest absolute Gasteiger partial charge is 0.224 e. The lowest BCUT2D eigenvalue weighted by molar-refractivity contribution is -0.116. The first-order valence-corrected chi connectivity index (χ1v) is 6.85. The van der Waals surface area contributed by atoms with E-state index in [1.807, 2.05) is 19.2 Å². The number of hydrogen-bond acceptors (Lipinski definition) is 3. The molecule has 3 N–H and O–H groups in total. The number of fused-ring (bicyclic) bond motifs is 1. The molecule has 0 fully saturated rings. The molecule has 1 aliphatic rings. The molecule has 19 heavy (non-hydrogen) atoms. The molecule has 1 aliphatic heterocycles. The maximum absolute atomic E-state index is 11.5. The molecular formula is C15H23N3O. The molecule has 0 aliphatic carbocycles. The van der Waals surface area contributed by atoms with E-state index in [1.54, 1.807) is 0 Å². The molecule has 1 aromatic carbocycles. The number of carbonyl (C=O) groups is 1. The Morgan fingerprint density at radius 1 is 1.26 bits per heavy atom. The lowest BCUT2D eigenvalue weighted by Crippen LogP contribution is -2.34. The number of anilines is 3. The largest absolute Gasteiger partial charge is 0.397 e. The highest BCUT2D eigenvalue weighted by atomic mass is 16.1. The van der Waals surface area contributed by atoms with Crippen molar-refractivity contribution in [1.29, 1.82) is 0 Å². The second kappa shape index (κ2) is 5.11. The van der Waals surface area contributed by atoms with Crippen LogP contribution in [0.4, 0.5) is 17.1 Å². The Morgan fingerprint density at radius 3 is 2.58 bits per heavy atom. The van der Waals surface area contributed by atoms with Crippen molar-refractivity contribution in [3.63, 3.8) is 0 Å². The molecule has 0 saturated carbocycles. The maximum Gasteiger partial charge on any atom is 0.224 e. The lowest BCUT2D eigenvalue weighted by atomic mass is 9.99. The Bertz CT molecular complexity index is 496. The van der Waals surface area contributed by atoms with Crippen LogP contribution in [0.5, 0.6) is 0 Å². The van der Waals surface area contributed by atoms with Gasteiger partial charge in [0.15, 0.2) is 0 Å². The summed E-state index contributed by atoms with van der Waals surface area (Å²) in [6, 6.07) is 4.38. The number of rotatable bonds is 3. The van der Waals surface area contributed by atoms with Crippen molar-refractivity contribution in [3.8, 4) is 0 Å². The first kappa shape index (κ1) is 13.7. The van der Waals surface area contributed by atoms with Gasteiger partial charge < -0.3 is 16.0 Å². The second-order valence-corrected chi connectivity index (χ2v) is 5.71. The van der Waals surface area contributed by atoms with Gasteiger partial charge in [-0.25, -0.2) is 0 Å². The van der Waals surface area contributed by atoms with E-state index in [-0.39, 0.29) is 5.91 Å². The summed E-state index contributed by atoms with van der Waals surface area (Å²) in [4.78, 5) is 13.7. The van der Waals surface area contributed by atoms with Gasteiger partial charge in [0, 0.05) is 25.2 Å². The molecular weight excluding hydrogens is 238 g/mol. The first-order valence-electron chi connectivity index (χ1n) is 6.85. The topological polar surface area (TPSA) is 58.4 Å². The maximum atomic E-state index is 11.5. The third-order valence-corrected chi connectivity index (χ3v) is 4.10. The number of amides is 1. The molecule has 0 spiro atoms. The van der Waals surface area contributed by atoms with E-state index in [0.717, 1.165) is 29.0 Å². The number of nitrogens with two attached hydrogens (primary N) is 1. The number of hydrogen-bond donors (Lipinski definition) is 2. The average molecular weight is 261 g/mol. The molecule has 1 heterocycles. The number of benzene rings is 1. The summed E-state index contributed by atoms with van der Waals surface area (Å²) in [6.45, 7) is 6.57. The molecule has 0 bridgehead atoms. The number of nitrogens with zero attached hydrogens (tertiary/aromatic N) is 1. The third-order valence-electron chi connectivity index (χ3n) is 4.10. The van der Waals surface area contributed by atoms with E-state index in [9.17, 15) is 4.79 Å². The quantitative estimate of drug-likeness (QED) is 0.822. The van der Waals surface area contributed by atoms with Gasteiger partial charge in [-0.2, -0.15) is 0 Å². The van der Waals surface area contributed by atoms with Gasteiger partial charge >= 0.3 is 0 Å². The Morgan fingerprint density at radius 2 is 1.95 bits per heavy atom. The lowest BCUT2D eigenvalue weighted by Gasteiger charge is -2.32. The van der Waals surface area contributed by atoms with Crippen molar-refractivity contribution < 1.29 is 4.79 Å². The molecule has 2 rings (SSSR count). The van der Waals surface area contributed by atoms with Crippen molar-refractivity contribution in [1.82, 2.24) is 0 Å². The number of carbonyl (C=O) groups excluding carboxylic acids is 1. The molecule has 4 nitrogen and oxygen atoms in total. The van der Waals surface area contributed by atoms with Gasteiger partial charge in [-0.1, -0.05) is 13.8 Å². The normalized spacial score (nSPS) is 15.9. The fraction of sp³-hybridized carbons (Fsp3) is 0.533. The molecule has 1 atom stereocenters. The van der Waals surface area contributed by atoms with Gasteiger partial charge in [-0.3, -0.25) is 4.79 Å². The van der Waals surface area contributed by atoms with Gasteiger partial charge in [0.05, 0.1) is 11.4 Å². The first-order chi connectivity index (χ1) is 8.90. The van der Waals surface area contributed by atoms with Crippen LogP contribution in [-0.4, -0.2) is 19.0 Å². The number of aryl methyl sites for hydroxylation is 1. The fourth-order valence-electron chi connectivity index (χ4n) is 2.41. The van der Waals surface area contributed by atoms with E-state index in [0.29, 0.717) is 18.4 Å². The van der Waals surface area contributed by atoms with Crippen LogP contribution in [0.2, 0.25) is 0 Å². The molecule has 1 unspecified atom stereocenters. The zero-order valence-corrected chi connectivity index (χ0v) is 12.2. The van der Waals surface area contributed by atoms with Gasteiger partial charge in [-0.15, -0.1) is 0 Å². The molecule has 0 saturated heterocycles. The van der Waals surface area contributed by atoms with E-state index in [4.69, 9.17) is 5.73 Å². The molecule has 1 amide bonds. The summed E-state index contributed by atoms with van der Waals surface area (Å²) in [5, 5.41) is 2.93. The van der Waals surface area contributed by atoms with Crippen molar-refractivity contribution in [2.75, 3.05) is 23.0 Å². The standard InChI is InChI=1S/C15H23N3O/c1-9(2)10(3)18(4)14-8-13-11(7-12(14)16)5-6-15(19)17-13/h7-10H,5-6,16H2,1-4H3,(H,17,19).